The molecule has 42 heavy (non-hydrogen) atoms. The average molecular weight is 596 g/mol. The molecule has 2 aliphatic rings. The van der Waals surface area contributed by atoms with Crippen LogP contribution in [-0.2, 0) is 14.2 Å². The Kier molecular flexibility index (Phi) is 8.30. The zero-order chi connectivity index (χ0) is 30.5. The first-order valence-electron chi connectivity index (χ1n) is 12.9. The summed E-state index contributed by atoms with van der Waals surface area (Å²) < 4.78 is 28.8. The van der Waals surface area contributed by atoms with Crippen molar-refractivity contribution >= 4 is 11.0 Å². The number of fused-ring (bicyclic) bond motifs is 1. The SMILES string of the molecule is C[C@H]1O[C@@H](Oc2cc3c(O)cc(O)cc3[o+]c2-c2ccc(O)c(O)c2)[C@@H](O[C@@H]2O[C@H](CO)[C@@H](O)[C@H](O)[C@H]2O)[C@@H](O)[C@@H]1O. The Labute approximate surface area is 237 Å². The standard InChI is InChI=1S/C27H30O15/c1-9-19(33)22(36)25(42-26-23(37)21(35)20(34)18(8-28)41-26)27(38-9)40-17-7-12-14(31)5-11(29)6-16(12)39-24(17)10-2-3-13(30)15(32)4-10/h2-7,9,18-23,25-28,33-37H,8H2,1H3,(H3-,29,30,31,32)/p+1/t9-,18-,19-,20-,21+,22+,23-,25+,26+,27+/m1/s1. The van der Waals surface area contributed by atoms with Crippen LogP contribution in [0.4, 0.5) is 0 Å². The van der Waals surface area contributed by atoms with E-state index in [1.54, 1.807) is 0 Å². The third kappa shape index (κ3) is 5.49. The van der Waals surface area contributed by atoms with Gasteiger partial charge in [-0.3, -0.25) is 0 Å². The van der Waals surface area contributed by atoms with E-state index in [9.17, 15) is 51.1 Å². The summed E-state index contributed by atoms with van der Waals surface area (Å²) in [5, 5.41) is 102. The van der Waals surface area contributed by atoms with E-state index in [1.165, 1.54) is 31.2 Å². The second kappa shape index (κ2) is 11.6. The molecule has 1 aromatic heterocycles. The zero-order valence-corrected chi connectivity index (χ0v) is 22.0. The summed E-state index contributed by atoms with van der Waals surface area (Å²) in [7, 11) is 0. The highest BCUT2D eigenvalue weighted by Gasteiger charge is 2.51. The monoisotopic (exact) mass is 595 g/mol. The molecule has 228 valence electrons. The minimum absolute atomic E-state index is 0.00456. The van der Waals surface area contributed by atoms with Gasteiger partial charge in [0, 0.05) is 18.2 Å². The van der Waals surface area contributed by atoms with Gasteiger partial charge in [0.2, 0.25) is 12.0 Å². The van der Waals surface area contributed by atoms with Crippen molar-refractivity contribution in [3.63, 3.8) is 0 Å². The van der Waals surface area contributed by atoms with Crippen molar-refractivity contribution in [1.29, 1.82) is 0 Å². The molecule has 10 N–H and O–H groups in total. The van der Waals surface area contributed by atoms with Crippen LogP contribution < -0.4 is 4.74 Å². The van der Waals surface area contributed by atoms with Crippen molar-refractivity contribution in [3.05, 3.63) is 36.4 Å². The predicted molar refractivity (Wildman–Crippen MR) is 138 cm³/mol. The van der Waals surface area contributed by atoms with E-state index < -0.39 is 79.5 Å². The number of rotatable bonds is 6. The molecule has 2 aliphatic heterocycles. The fourth-order valence-electron chi connectivity index (χ4n) is 4.84. The van der Waals surface area contributed by atoms with Crippen LogP contribution in [0.3, 0.4) is 0 Å². The number of ether oxygens (including phenoxy) is 4. The number of phenols is 4. The highest BCUT2D eigenvalue weighted by atomic mass is 16.8. The number of aromatic hydroxyl groups is 4. The zero-order valence-electron chi connectivity index (χ0n) is 22.0. The predicted octanol–water partition coefficient (Wildman–Crippen LogP) is -0.766. The number of aliphatic hydroxyl groups excluding tert-OH is 6. The van der Waals surface area contributed by atoms with Crippen molar-refractivity contribution in [3.8, 4) is 40.1 Å². The van der Waals surface area contributed by atoms with E-state index in [4.69, 9.17) is 23.4 Å². The largest absolute Gasteiger partial charge is 0.507 e. The fraction of sp³-hybridized carbons (Fsp3) is 0.444. The van der Waals surface area contributed by atoms with Gasteiger partial charge in [0.05, 0.1) is 24.3 Å². The molecule has 3 aromatic rings. The molecule has 2 fully saturated rings. The minimum atomic E-state index is -1.84. The highest BCUT2D eigenvalue weighted by Crippen LogP contribution is 2.42. The van der Waals surface area contributed by atoms with Gasteiger partial charge >= 0.3 is 11.3 Å². The lowest BCUT2D eigenvalue weighted by molar-refractivity contribution is -0.355. The number of phenolic OH excluding ortho intramolecular Hbond substituents is 4. The van der Waals surface area contributed by atoms with Gasteiger partial charge in [-0.05, 0) is 19.1 Å². The van der Waals surface area contributed by atoms with Crippen molar-refractivity contribution in [2.45, 2.75) is 68.3 Å². The van der Waals surface area contributed by atoms with Gasteiger partial charge in [-0.1, -0.05) is 0 Å². The smallest absolute Gasteiger partial charge is 0.402 e. The summed E-state index contributed by atoms with van der Waals surface area (Å²) in [5.41, 5.74) is 0.172. The van der Waals surface area contributed by atoms with Gasteiger partial charge in [-0.15, -0.1) is 0 Å². The minimum Gasteiger partial charge on any atom is -0.507 e. The van der Waals surface area contributed by atoms with E-state index in [1.807, 2.05) is 0 Å². The molecule has 0 radical (unpaired) electrons. The normalized spacial score (nSPS) is 33.5. The van der Waals surface area contributed by atoms with E-state index in [0.29, 0.717) is 0 Å². The van der Waals surface area contributed by atoms with Crippen LogP contribution in [0, 0.1) is 0 Å². The Hall–Kier alpha value is -3.51. The van der Waals surface area contributed by atoms with Gasteiger partial charge in [-0.2, -0.15) is 0 Å². The van der Waals surface area contributed by atoms with E-state index in [-0.39, 0.29) is 39.5 Å². The van der Waals surface area contributed by atoms with Crippen LogP contribution in [0.15, 0.2) is 40.8 Å². The number of hydrogen-bond donors (Lipinski definition) is 10. The van der Waals surface area contributed by atoms with Crippen LogP contribution in [0.25, 0.3) is 22.3 Å². The first-order valence-corrected chi connectivity index (χ1v) is 12.9. The third-order valence-electron chi connectivity index (χ3n) is 7.22. The maximum atomic E-state index is 10.9. The molecule has 0 amide bonds. The highest BCUT2D eigenvalue weighted by molar-refractivity contribution is 5.88. The Balaban J connectivity index is 1.56. The summed E-state index contributed by atoms with van der Waals surface area (Å²) in [6.45, 7) is 0.696. The van der Waals surface area contributed by atoms with Gasteiger partial charge in [-0.25, -0.2) is 4.42 Å². The quantitative estimate of drug-likeness (QED) is 0.124. The van der Waals surface area contributed by atoms with Gasteiger partial charge < -0.3 is 70.0 Å². The van der Waals surface area contributed by atoms with E-state index in [2.05, 4.69) is 0 Å². The van der Waals surface area contributed by atoms with Gasteiger partial charge in [0.25, 0.3) is 0 Å². The molecule has 2 saturated heterocycles. The Morgan fingerprint density at radius 1 is 0.762 bits per heavy atom. The third-order valence-corrected chi connectivity index (χ3v) is 7.22. The molecule has 15 heteroatoms. The second-order valence-electron chi connectivity index (χ2n) is 10.1. The number of benzene rings is 2. The average Bonchev–Trinajstić information content (AvgIpc) is 2.95. The lowest BCUT2D eigenvalue weighted by atomic mass is 9.97. The van der Waals surface area contributed by atoms with E-state index in [0.717, 1.165) is 12.1 Å². The van der Waals surface area contributed by atoms with Crippen molar-refractivity contribution in [2.24, 2.45) is 0 Å². The van der Waals surface area contributed by atoms with Crippen LogP contribution in [0.1, 0.15) is 6.92 Å². The lowest BCUT2D eigenvalue weighted by Gasteiger charge is -2.45. The molecule has 0 unspecified atom stereocenters. The Bertz CT molecular complexity index is 1430. The molecule has 2 aromatic carbocycles. The summed E-state index contributed by atoms with van der Waals surface area (Å²) in [6, 6.07) is 7.28. The summed E-state index contributed by atoms with van der Waals surface area (Å²) in [4.78, 5) is 0. The molecule has 3 heterocycles. The van der Waals surface area contributed by atoms with Crippen molar-refractivity contribution < 1.29 is 74.4 Å². The molecule has 15 nitrogen and oxygen atoms in total. The van der Waals surface area contributed by atoms with E-state index >= 15 is 0 Å². The summed E-state index contributed by atoms with van der Waals surface area (Å²) in [5.74, 6) is -1.88. The van der Waals surface area contributed by atoms with Crippen molar-refractivity contribution in [1.82, 2.24) is 0 Å². The maximum absolute atomic E-state index is 10.9. The molecule has 10 atom stereocenters. The number of hydrogen-bond acceptors (Lipinski definition) is 14. The Morgan fingerprint density at radius 2 is 1.50 bits per heavy atom. The molecule has 0 saturated carbocycles. The summed E-state index contributed by atoms with van der Waals surface area (Å²) >= 11 is 0. The topological polar surface area (TPSA) is 251 Å². The van der Waals surface area contributed by atoms with Gasteiger partial charge in [0.15, 0.2) is 23.9 Å². The van der Waals surface area contributed by atoms with Crippen LogP contribution >= 0.6 is 0 Å². The molecular formula is C27H31O15+. The first-order chi connectivity index (χ1) is 19.9. The second-order valence-corrected chi connectivity index (χ2v) is 10.1. The molecular weight excluding hydrogens is 564 g/mol. The van der Waals surface area contributed by atoms with Crippen LogP contribution in [-0.4, -0.2) is 119 Å². The van der Waals surface area contributed by atoms with Crippen LogP contribution in [0.2, 0.25) is 0 Å². The number of aliphatic hydroxyl groups is 6. The molecule has 0 aliphatic carbocycles. The summed E-state index contributed by atoms with van der Waals surface area (Å²) in [6.07, 6.45) is -15.8. The fourth-order valence-corrected chi connectivity index (χ4v) is 4.84. The molecule has 0 bridgehead atoms. The molecule has 5 rings (SSSR count). The van der Waals surface area contributed by atoms with Crippen molar-refractivity contribution in [2.75, 3.05) is 6.61 Å². The first kappa shape index (κ1) is 30.0. The van der Waals surface area contributed by atoms with Gasteiger partial charge in [0.1, 0.15) is 53.5 Å². The lowest BCUT2D eigenvalue weighted by Crippen LogP contribution is -2.64. The van der Waals surface area contributed by atoms with Crippen LogP contribution in [0.5, 0.6) is 28.7 Å². The Morgan fingerprint density at radius 3 is 2.19 bits per heavy atom. The molecule has 0 spiro atoms. The maximum Gasteiger partial charge on any atom is 0.402 e.